The lowest BCUT2D eigenvalue weighted by molar-refractivity contribution is 0.190. The molecule has 1 aliphatic rings. The largest absolute Gasteiger partial charge is 0.316 e. The number of halogens is 3. The summed E-state index contributed by atoms with van der Waals surface area (Å²) in [5.41, 5.74) is 0.371. The van der Waals surface area contributed by atoms with Crippen molar-refractivity contribution in [3.05, 3.63) is 34.6 Å². The van der Waals surface area contributed by atoms with Crippen LogP contribution in [0.3, 0.4) is 0 Å². The summed E-state index contributed by atoms with van der Waals surface area (Å²) in [5.74, 6) is -0.497. The molecule has 1 fully saturated rings. The highest BCUT2D eigenvalue weighted by Crippen LogP contribution is 2.24. The highest BCUT2D eigenvalue weighted by molar-refractivity contribution is 6.30. The van der Waals surface area contributed by atoms with Crippen LogP contribution in [0.2, 0.25) is 5.02 Å². The fourth-order valence-corrected chi connectivity index (χ4v) is 2.46. The molecule has 1 nitrogen and oxygen atoms in total. The number of alkyl halides is 1. The fourth-order valence-electron chi connectivity index (χ4n) is 2.27. The summed E-state index contributed by atoms with van der Waals surface area (Å²) in [7, 11) is 0. The molecule has 4 heteroatoms. The molecule has 2 atom stereocenters. The van der Waals surface area contributed by atoms with Crippen molar-refractivity contribution in [1.29, 1.82) is 0 Å². The maximum absolute atomic E-state index is 14.0. The molecule has 0 amide bonds. The Morgan fingerprint density at radius 2 is 2.29 bits per heavy atom. The van der Waals surface area contributed by atoms with Gasteiger partial charge in [-0.2, -0.15) is 0 Å². The van der Waals surface area contributed by atoms with Crippen molar-refractivity contribution in [3.8, 4) is 0 Å². The monoisotopic (exact) mass is 259 g/mol. The van der Waals surface area contributed by atoms with E-state index >= 15 is 0 Å². The SMILES string of the molecule is Fc1c(Cl)cccc1CC(F)C1CCCNC1. The van der Waals surface area contributed by atoms with E-state index in [1.54, 1.807) is 12.1 Å². The first-order valence-electron chi connectivity index (χ1n) is 5.96. The molecule has 0 spiro atoms. The van der Waals surface area contributed by atoms with Gasteiger partial charge in [-0.25, -0.2) is 8.78 Å². The molecular formula is C13H16ClF2N. The minimum Gasteiger partial charge on any atom is -0.316 e. The zero-order chi connectivity index (χ0) is 12.3. The van der Waals surface area contributed by atoms with Crippen LogP contribution in [0.15, 0.2) is 18.2 Å². The number of benzene rings is 1. The van der Waals surface area contributed by atoms with Gasteiger partial charge in [0.1, 0.15) is 12.0 Å². The standard InChI is InChI=1S/C13H16ClF2N/c14-11-5-1-3-9(13(11)16)7-12(15)10-4-2-6-17-8-10/h1,3,5,10,12,17H,2,4,6-8H2. The van der Waals surface area contributed by atoms with Gasteiger partial charge in [-0.05, 0) is 31.0 Å². The second-order valence-corrected chi connectivity index (χ2v) is 4.95. The van der Waals surface area contributed by atoms with E-state index in [0.717, 1.165) is 19.4 Å². The Balaban J connectivity index is 2.01. The molecule has 1 saturated heterocycles. The Morgan fingerprint density at radius 3 is 3.00 bits per heavy atom. The summed E-state index contributed by atoms with van der Waals surface area (Å²) in [6, 6.07) is 4.74. The van der Waals surface area contributed by atoms with Crippen LogP contribution in [0, 0.1) is 11.7 Å². The molecule has 1 aromatic carbocycles. The first-order chi connectivity index (χ1) is 8.18. The average Bonchev–Trinajstić information content (AvgIpc) is 2.36. The Morgan fingerprint density at radius 1 is 1.47 bits per heavy atom. The van der Waals surface area contributed by atoms with Crippen molar-refractivity contribution >= 4 is 11.6 Å². The highest BCUT2D eigenvalue weighted by Gasteiger charge is 2.24. The van der Waals surface area contributed by atoms with Crippen molar-refractivity contribution in [1.82, 2.24) is 5.32 Å². The van der Waals surface area contributed by atoms with Crippen molar-refractivity contribution < 1.29 is 8.78 Å². The molecule has 1 aliphatic heterocycles. The maximum atomic E-state index is 14.0. The molecule has 2 rings (SSSR count). The van der Waals surface area contributed by atoms with Gasteiger partial charge in [0.15, 0.2) is 0 Å². The number of hydrogen-bond acceptors (Lipinski definition) is 1. The number of piperidine rings is 1. The third-order valence-corrected chi connectivity index (χ3v) is 3.58. The molecule has 94 valence electrons. The van der Waals surface area contributed by atoms with Crippen LogP contribution in [0.5, 0.6) is 0 Å². The van der Waals surface area contributed by atoms with Crippen LogP contribution in [-0.4, -0.2) is 19.3 Å². The number of rotatable bonds is 3. The molecule has 1 N–H and O–H groups in total. The van der Waals surface area contributed by atoms with Gasteiger partial charge in [-0.15, -0.1) is 0 Å². The van der Waals surface area contributed by atoms with Crippen molar-refractivity contribution in [2.24, 2.45) is 5.92 Å². The van der Waals surface area contributed by atoms with E-state index in [4.69, 9.17) is 11.6 Å². The Kier molecular flexibility index (Phi) is 4.35. The van der Waals surface area contributed by atoms with Gasteiger partial charge in [0.05, 0.1) is 5.02 Å². The highest BCUT2D eigenvalue weighted by atomic mass is 35.5. The third-order valence-electron chi connectivity index (χ3n) is 3.29. The molecule has 1 aromatic rings. The first-order valence-corrected chi connectivity index (χ1v) is 6.34. The minimum absolute atomic E-state index is 0.0119. The quantitative estimate of drug-likeness (QED) is 0.878. The molecule has 0 radical (unpaired) electrons. The predicted molar refractivity (Wildman–Crippen MR) is 65.6 cm³/mol. The molecule has 0 aliphatic carbocycles. The van der Waals surface area contributed by atoms with E-state index in [1.807, 2.05) is 0 Å². The Bertz CT molecular complexity index is 378. The van der Waals surface area contributed by atoms with Crippen LogP contribution in [0.4, 0.5) is 8.78 Å². The molecule has 1 heterocycles. The smallest absolute Gasteiger partial charge is 0.145 e. The molecule has 0 bridgehead atoms. The number of nitrogens with one attached hydrogen (secondary N) is 1. The van der Waals surface area contributed by atoms with Crippen LogP contribution in [0.25, 0.3) is 0 Å². The molecule has 2 unspecified atom stereocenters. The zero-order valence-electron chi connectivity index (χ0n) is 9.56. The van der Waals surface area contributed by atoms with E-state index < -0.39 is 12.0 Å². The Labute approximate surface area is 105 Å². The molecular weight excluding hydrogens is 244 g/mol. The Hall–Kier alpha value is -0.670. The van der Waals surface area contributed by atoms with Gasteiger partial charge in [0, 0.05) is 18.9 Å². The first kappa shape index (κ1) is 12.8. The number of hydrogen-bond donors (Lipinski definition) is 1. The van der Waals surface area contributed by atoms with Crippen LogP contribution in [0.1, 0.15) is 18.4 Å². The lowest BCUT2D eigenvalue weighted by Gasteiger charge is -2.26. The normalized spacial score (nSPS) is 22.4. The van der Waals surface area contributed by atoms with E-state index in [-0.39, 0.29) is 17.4 Å². The summed E-state index contributed by atoms with van der Waals surface area (Å²) in [5, 5.41) is 3.23. The third kappa shape index (κ3) is 3.17. The van der Waals surface area contributed by atoms with E-state index in [0.29, 0.717) is 12.1 Å². The van der Waals surface area contributed by atoms with E-state index in [2.05, 4.69) is 5.32 Å². The predicted octanol–water partition coefficient (Wildman–Crippen LogP) is 3.36. The van der Waals surface area contributed by atoms with Gasteiger partial charge in [0.2, 0.25) is 0 Å². The van der Waals surface area contributed by atoms with E-state index in [9.17, 15) is 8.78 Å². The molecule has 0 saturated carbocycles. The van der Waals surface area contributed by atoms with Crippen molar-refractivity contribution in [2.45, 2.75) is 25.4 Å². The van der Waals surface area contributed by atoms with Gasteiger partial charge in [-0.1, -0.05) is 23.7 Å². The van der Waals surface area contributed by atoms with Gasteiger partial charge in [0.25, 0.3) is 0 Å². The van der Waals surface area contributed by atoms with Crippen LogP contribution >= 0.6 is 11.6 Å². The van der Waals surface area contributed by atoms with Crippen LogP contribution in [-0.2, 0) is 6.42 Å². The zero-order valence-corrected chi connectivity index (χ0v) is 10.3. The topological polar surface area (TPSA) is 12.0 Å². The van der Waals surface area contributed by atoms with Crippen molar-refractivity contribution in [3.63, 3.8) is 0 Å². The minimum atomic E-state index is -1.00. The second kappa shape index (κ2) is 5.78. The maximum Gasteiger partial charge on any atom is 0.145 e. The van der Waals surface area contributed by atoms with Gasteiger partial charge < -0.3 is 5.32 Å². The van der Waals surface area contributed by atoms with Gasteiger partial charge in [-0.3, -0.25) is 0 Å². The average molecular weight is 260 g/mol. The second-order valence-electron chi connectivity index (χ2n) is 4.54. The summed E-state index contributed by atoms with van der Waals surface area (Å²) in [6.07, 6.45) is 0.967. The lowest BCUT2D eigenvalue weighted by Crippen LogP contribution is -2.35. The van der Waals surface area contributed by atoms with Gasteiger partial charge >= 0.3 is 0 Å². The van der Waals surface area contributed by atoms with Crippen molar-refractivity contribution in [2.75, 3.05) is 13.1 Å². The fraction of sp³-hybridized carbons (Fsp3) is 0.538. The summed E-state index contributed by atoms with van der Waals surface area (Å²) in [6.45, 7) is 1.64. The van der Waals surface area contributed by atoms with E-state index in [1.165, 1.54) is 6.07 Å². The molecule has 17 heavy (non-hydrogen) atoms. The summed E-state index contributed by atoms with van der Waals surface area (Å²) in [4.78, 5) is 0. The molecule has 0 aromatic heterocycles. The van der Waals surface area contributed by atoms with Crippen LogP contribution < -0.4 is 5.32 Å². The lowest BCUT2D eigenvalue weighted by atomic mass is 9.91. The summed E-state index contributed by atoms with van der Waals surface area (Å²) < 4.78 is 27.7. The summed E-state index contributed by atoms with van der Waals surface area (Å²) >= 11 is 5.67.